The van der Waals surface area contributed by atoms with Gasteiger partial charge < -0.3 is 4.90 Å². The first-order valence-electron chi connectivity index (χ1n) is 8.33. The molecule has 0 rings (SSSR count). The number of nitrogens with zero attached hydrogens (tertiary/aromatic N) is 2. The normalized spacial score (nSPS) is 14.0. The average molecular weight is 322 g/mol. The zero-order chi connectivity index (χ0) is 16.3. The van der Waals surface area contributed by atoms with E-state index in [-0.39, 0.29) is 0 Å². The number of rotatable bonds is 13. The van der Waals surface area contributed by atoms with Crippen molar-refractivity contribution >= 4 is 10.2 Å². The first-order valence-corrected chi connectivity index (χ1v) is 9.77. The van der Waals surface area contributed by atoms with Crippen molar-refractivity contribution in [1.29, 1.82) is 0 Å². The van der Waals surface area contributed by atoms with Gasteiger partial charge in [-0.15, -0.1) is 0 Å². The Morgan fingerprint density at radius 2 is 1.52 bits per heavy atom. The highest BCUT2D eigenvalue weighted by Gasteiger charge is 2.20. The molecule has 21 heavy (non-hydrogen) atoms. The van der Waals surface area contributed by atoms with E-state index in [9.17, 15) is 8.42 Å². The Morgan fingerprint density at radius 1 is 1.00 bits per heavy atom. The van der Waals surface area contributed by atoms with E-state index in [1.54, 1.807) is 4.31 Å². The Bertz CT molecular complexity index is 339. The van der Waals surface area contributed by atoms with Crippen LogP contribution in [0.5, 0.6) is 0 Å². The highest BCUT2D eigenvalue weighted by molar-refractivity contribution is 7.87. The Hall–Kier alpha value is -0.170. The Morgan fingerprint density at radius 3 is 1.95 bits per heavy atom. The van der Waals surface area contributed by atoms with E-state index in [0.717, 1.165) is 38.6 Å². The molecular weight excluding hydrogens is 286 g/mol. The van der Waals surface area contributed by atoms with Gasteiger partial charge in [0.1, 0.15) is 0 Å². The lowest BCUT2D eigenvalue weighted by molar-refractivity contribution is 0.255. The quantitative estimate of drug-likeness (QED) is 0.567. The number of likely N-dealkylation sites (N-methyl/N-ethyl adjacent to an activating group) is 1. The summed E-state index contributed by atoms with van der Waals surface area (Å²) in [4.78, 5) is 2.19. The molecule has 1 N–H and O–H groups in total. The number of unbranched alkanes of at least 4 members (excludes halogenated alkanes) is 2. The van der Waals surface area contributed by atoms with E-state index >= 15 is 0 Å². The van der Waals surface area contributed by atoms with E-state index in [2.05, 4.69) is 37.3 Å². The maximum atomic E-state index is 12.4. The summed E-state index contributed by atoms with van der Waals surface area (Å²) in [5, 5.41) is 0. The first-order chi connectivity index (χ1) is 9.88. The summed E-state index contributed by atoms with van der Waals surface area (Å²) in [5.41, 5.74) is 0. The molecule has 0 fully saturated rings. The predicted molar refractivity (Wildman–Crippen MR) is 90.7 cm³/mol. The van der Waals surface area contributed by atoms with Gasteiger partial charge in [0.25, 0.3) is 10.2 Å². The van der Waals surface area contributed by atoms with Crippen molar-refractivity contribution in [2.45, 2.75) is 65.8 Å². The molecule has 0 aliphatic heterocycles. The van der Waals surface area contributed by atoms with Gasteiger partial charge in [-0.05, 0) is 33.2 Å². The summed E-state index contributed by atoms with van der Waals surface area (Å²) in [6.45, 7) is 10.9. The van der Waals surface area contributed by atoms with Crippen molar-refractivity contribution in [3.8, 4) is 0 Å². The smallest absolute Gasteiger partial charge is 0.279 e. The van der Waals surface area contributed by atoms with Crippen LogP contribution in [0.4, 0.5) is 0 Å². The third-order valence-corrected chi connectivity index (χ3v) is 5.57. The highest BCUT2D eigenvalue weighted by atomic mass is 32.2. The van der Waals surface area contributed by atoms with Gasteiger partial charge >= 0.3 is 0 Å². The lowest BCUT2D eigenvalue weighted by atomic mass is 10.2. The van der Waals surface area contributed by atoms with Crippen molar-refractivity contribution in [1.82, 2.24) is 13.9 Å². The van der Waals surface area contributed by atoms with Gasteiger partial charge in [0.2, 0.25) is 0 Å². The molecule has 6 heteroatoms. The molecule has 0 radical (unpaired) electrons. The molecule has 128 valence electrons. The van der Waals surface area contributed by atoms with Crippen LogP contribution in [0.3, 0.4) is 0 Å². The fourth-order valence-corrected chi connectivity index (χ4v) is 3.27. The molecule has 0 aromatic rings. The van der Waals surface area contributed by atoms with Crippen molar-refractivity contribution < 1.29 is 8.42 Å². The van der Waals surface area contributed by atoms with E-state index in [1.165, 1.54) is 0 Å². The fraction of sp³-hybridized carbons (Fsp3) is 1.00. The summed E-state index contributed by atoms with van der Waals surface area (Å²) in [6.07, 6.45) is 4.92. The summed E-state index contributed by atoms with van der Waals surface area (Å²) >= 11 is 0. The van der Waals surface area contributed by atoms with Crippen molar-refractivity contribution in [2.24, 2.45) is 0 Å². The number of nitrogens with one attached hydrogen (secondary N) is 1. The third kappa shape index (κ3) is 8.76. The van der Waals surface area contributed by atoms with Crippen LogP contribution in [0.2, 0.25) is 0 Å². The van der Waals surface area contributed by atoms with Crippen LogP contribution in [0.1, 0.15) is 59.8 Å². The lowest BCUT2D eigenvalue weighted by Crippen LogP contribution is -2.44. The monoisotopic (exact) mass is 321 g/mol. The van der Waals surface area contributed by atoms with E-state index in [4.69, 9.17) is 0 Å². The van der Waals surface area contributed by atoms with Crippen LogP contribution in [0.15, 0.2) is 0 Å². The third-order valence-electron chi connectivity index (χ3n) is 3.95. The summed E-state index contributed by atoms with van der Waals surface area (Å²) in [5.74, 6) is 0. The van der Waals surface area contributed by atoms with Crippen molar-refractivity contribution in [3.05, 3.63) is 0 Å². The van der Waals surface area contributed by atoms with Gasteiger partial charge in [-0.3, -0.25) is 0 Å². The Labute approximate surface area is 132 Å². The second-order valence-corrected chi connectivity index (χ2v) is 7.50. The van der Waals surface area contributed by atoms with E-state index < -0.39 is 10.2 Å². The van der Waals surface area contributed by atoms with Gasteiger partial charge in [0.15, 0.2) is 0 Å². The molecule has 0 aliphatic carbocycles. The first kappa shape index (κ1) is 20.8. The van der Waals surface area contributed by atoms with E-state index in [0.29, 0.717) is 25.7 Å². The summed E-state index contributed by atoms with van der Waals surface area (Å²) in [6, 6.07) is 0.478. The van der Waals surface area contributed by atoms with Crippen LogP contribution in [0.25, 0.3) is 0 Å². The second kappa shape index (κ2) is 11.4. The average Bonchev–Trinajstić information content (AvgIpc) is 2.45. The van der Waals surface area contributed by atoms with Gasteiger partial charge in [0, 0.05) is 32.2 Å². The zero-order valence-corrected chi connectivity index (χ0v) is 15.4. The molecule has 1 atom stereocenters. The molecule has 0 aliphatic rings. The second-order valence-electron chi connectivity index (χ2n) is 5.74. The molecular formula is C15H35N3O2S. The molecule has 0 bridgehead atoms. The van der Waals surface area contributed by atoms with E-state index in [1.807, 2.05) is 7.05 Å². The van der Waals surface area contributed by atoms with Crippen molar-refractivity contribution in [3.63, 3.8) is 0 Å². The maximum Gasteiger partial charge on any atom is 0.279 e. The molecule has 0 amide bonds. The number of hydrogen-bond donors (Lipinski definition) is 1. The van der Waals surface area contributed by atoms with Crippen LogP contribution >= 0.6 is 0 Å². The van der Waals surface area contributed by atoms with Crippen LogP contribution in [-0.4, -0.2) is 56.9 Å². The Kier molecular flexibility index (Phi) is 11.3. The summed E-state index contributed by atoms with van der Waals surface area (Å²) < 4.78 is 29.1. The highest BCUT2D eigenvalue weighted by Crippen LogP contribution is 2.05. The molecule has 0 aromatic heterocycles. The molecule has 5 nitrogen and oxygen atoms in total. The standard InChI is InChI=1S/C15H35N3O2S/c1-6-9-12-18(13-10-7-2)21(19,20)16-11-14-17(5)15(4)8-3/h15-16H,6-14H2,1-5H3. The molecule has 0 spiro atoms. The lowest BCUT2D eigenvalue weighted by Gasteiger charge is -2.25. The molecule has 0 heterocycles. The predicted octanol–water partition coefficient (Wildman–Crippen LogP) is 2.45. The largest absolute Gasteiger partial charge is 0.302 e. The molecule has 0 aromatic carbocycles. The zero-order valence-electron chi connectivity index (χ0n) is 14.6. The van der Waals surface area contributed by atoms with Crippen LogP contribution in [0, 0.1) is 0 Å². The SMILES string of the molecule is CCCCN(CCCC)S(=O)(=O)NCCN(C)C(C)CC. The summed E-state index contributed by atoms with van der Waals surface area (Å²) in [7, 11) is -1.30. The molecule has 0 saturated heterocycles. The van der Waals surface area contributed by atoms with Crippen LogP contribution in [-0.2, 0) is 10.2 Å². The van der Waals surface area contributed by atoms with Crippen LogP contribution < -0.4 is 4.72 Å². The van der Waals surface area contributed by atoms with Gasteiger partial charge in [-0.25, -0.2) is 4.72 Å². The fourth-order valence-electron chi connectivity index (χ4n) is 2.00. The van der Waals surface area contributed by atoms with Gasteiger partial charge in [-0.1, -0.05) is 33.6 Å². The minimum absolute atomic E-state index is 0.470. The minimum Gasteiger partial charge on any atom is -0.302 e. The van der Waals surface area contributed by atoms with Gasteiger partial charge in [-0.2, -0.15) is 12.7 Å². The minimum atomic E-state index is -3.34. The molecule has 0 saturated carbocycles. The number of hydrogen-bond acceptors (Lipinski definition) is 3. The maximum absolute atomic E-state index is 12.4. The van der Waals surface area contributed by atoms with Gasteiger partial charge in [0.05, 0.1) is 0 Å². The topological polar surface area (TPSA) is 52.7 Å². The Balaban J connectivity index is 4.38. The van der Waals surface area contributed by atoms with Crippen molar-refractivity contribution in [2.75, 3.05) is 33.2 Å². The molecule has 1 unspecified atom stereocenters.